The van der Waals surface area contributed by atoms with Crippen LogP contribution < -0.4 is 0 Å². The van der Waals surface area contributed by atoms with Gasteiger partial charge in [-0.2, -0.15) is 0 Å². The van der Waals surface area contributed by atoms with Crippen LogP contribution in [-0.2, 0) is 65.4 Å². The number of aliphatic hydroxyl groups excluding tert-OH is 1. The van der Waals surface area contributed by atoms with Gasteiger partial charge in [-0.15, -0.1) is 0 Å². The van der Waals surface area contributed by atoms with Crippen LogP contribution in [0.2, 0.25) is 0 Å². The molecule has 0 saturated carbocycles. The third-order valence-electron chi connectivity index (χ3n) is 16.8. The molecule has 0 saturated heterocycles. The molecule has 19 heteroatoms. The molecule has 580 valence electrons. The lowest BCUT2D eigenvalue weighted by atomic mass is 10.0. The molecule has 0 aromatic carbocycles. The Balaban J connectivity index is 5.29. The van der Waals surface area contributed by atoms with Crippen LogP contribution in [0.3, 0.4) is 0 Å². The van der Waals surface area contributed by atoms with Gasteiger partial charge in [0.15, 0.2) is 12.2 Å². The Kier molecular flexibility index (Phi) is 70.8. The summed E-state index contributed by atoms with van der Waals surface area (Å²) in [6.07, 6.45) is 75.6. The van der Waals surface area contributed by atoms with Gasteiger partial charge in [0.2, 0.25) is 0 Å². The van der Waals surface area contributed by atoms with E-state index in [4.69, 9.17) is 37.0 Å². The molecular weight excluding hydrogens is 1310 g/mol. The number of allylic oxidation sites excluding steroid dienone is 14. The summed E-state index contributed by atoms with van der Waals surface area (Å²) >= 11 is 0. The van der Waals surface area contributed by atoms with Crippen LogP contribution in [0.25, 0.3) is 0 Å². The number of phosphoric acid groups is 2. The van der Waals surface area contributed by atoms with Gasteiger partial charge in [0, 0.05) is 25.7 Å². The smallest absolute Gasteiger partial charge is 0.462 e. The number of rotatable bonds is 75. The Morgan fingerprint density at radius 1 is 0.290 bits per heavy atom. The Morgan fingerprint density at radius 3 is 0.860 bits per heavy atom. The third kappa shape index (κ3) is 72.6. The number of unbranched alkanes of at least 4 members (excludes halogenated alkanes) is 35. The van der Waals surface area contributed by atoms with Crippen molar-refractivity contribution < 1.29 is 80.2 Å². The zero-order valence-electron chi connectivity index (χ0n) is 63.4. The largest absolute Gasteiger partial charge is 0.472 e. The van der Waals surface area contributed by atoms with Gasteiger partial charge < -0.3 is 33.8 Å². The van der Waals surface area contributed by atoms with Gasteiger partial charge in [-0.05, 0) is 116 Å². The first-order valence-electron chi connectivity index (χ1n) is 39.8. The first-order valence-corrected chi connectivity index (χ1v) is 42.8. The van der Waals surface area contributed by atoms with E-state index in [1.165, 1.54) is 83.5 Å². The SMILES string of the molecule is CC/C=C\C/C=C\C/C=C\CCCCCCCCCC(=O)OCC(COP(=O)(O)OCC(O)COP(=O)(O)OCC(COC(=O)CCCCCCCC/C=C\C/C=C\C/C=C\CCCCC)OC(=O)CCCCCCCCCCCCCCC)OC(=O)CCCCCCC/C=C\CCCC. The minimum atomic E-state index is -4.97. The Morgan fingerprint density at radius 2 is 0.530 bits per heavy atom. The molecule has 100 heavy (non-hydrogen) atoms. The van der Waals surface area contributed by atoms with E-state index >= 15 is 0 Å². The topological polar surface area (TPSA) is 237 Å². The predicted molar refractivity (Wildman–Crippen MR) is 409 cm³/mol. The average molecular weight is 1450 g/mol. The molecule has 17 nitrogen and oxygen atoms in total. The highest BCUT2D eigenvalue weighted by molar-refractivity contribution is 7.47. The lowest BCUT2D eigenvalue weighted by molar-refractivity contribution is -0.161. The normalized spacial score (nSPS) is 14.3. The second kappa shape index (κ2) is 73.5. The minimum absolute atomic E-state index is 0.0837. The first kappa shape index (κ1) is 96.2. The van der Waals surface area contributed by atoms with E-state index in [-0.39, 0.29) is 25.7 Å². The quantitative estimate of drug-likeness (QED) is 0.0169. The molecule has 0 aromatic rings. The zero-order valence-corrected chi connectivity index (χ0v) is 65.2. The second-order valence-electron chi connectivity index (χ2n) is 26.6. The molecule has 0 bridgehead atoms. The molecule has 0 fully saturated rings. The van der Waals surface area contributed by atoms with Gasteiger partial charge in [0.1, 0.15) is 19.3 Å². The predicted octanol–water partition coefficient (Wildman–Crippen LogP) is 23.0. The lowest BCUT2D eigenvalue weighted by Crippen LogP contribution is -2.30. The summed E-state index contributed by atoms with van der Waals surface area (Å²) < 4.78 is 68.5. The van der Waals surface area contributed by atoms with Gasteiger partial charge in [-0.3, -0.25) is 37.3 Å². The fourth-order valence-corrected chi connectivity index (χ4v) is 12.3. The average Bonchev–Trinajstić information content (AvgIpc) is 0.937. The number of aliphatic hydroxyl groups is 1. The Labute approximate surface area is 608 Å². The molecular formula is C81H144O17P2. The number of ether oxygens (including phenoxy) is 4. The van der Waals surface area contributed by atoms with Crippen LogP contribution in [0.15, 0.2) is 85.1 Å². The van der Waals surface area contributed by atoms with Gasteiger partial charge in [-0.25, -0.2) is 9.13 Å². The van der Waals surface area contributed by atoms with Crippen molar-refractivity contribution in [3.05, 3.63) is 85.1 Å². The summed E-state index contributed by atoms with van der Waals surface area (Å²) in [6.45, 7) is 4.71. The van der Waals surface area contributed by atoms with Gasteiger partial charge in [0.25, 0.3) is 0 Å². The monoisotopic (exact) mass is 1450 g/mol. The van der Waals surface area contributed by atoms with E-state index in [1.807, 2.05) is 0 Å². The molecule has 0 aliphatic heterocycles. The van der Waals surface area contributed by atoms with E-state index in [1.54, 1.807) is 0 Å². The van der Waals surface area contributed by atoms with Crippen molar-refractivity contribution in [2.24, 2.45) is 0 Å². The number of phosphoric ester groups is 2. The summed E-state index contributed by atoms with van der Waals surface area (Å²) in [4.78, 5) is 72.9. The maximum atomic E-state index is 13.1. The molecule has 0 amide bonds. The van der Waals surface area contributed by atoms with Gasteiger partial charge >= 0.3 is 39.5 Å². The van der Waals surface area contributed by atoms with Crippen LogP contribution in [0.4, 0.5) is 0 Å². The van der Waals surface area contributed by atoms with E-state index in [0.29, 0.717) is 25.7 Å². The van der Waals surface area contributed by atoms with Crippen molar-refractivity contribution in [3.8, 4) is 0 Å². The fourth-order valence-electron chi connectivity index (χ4n) is 10.8. The molecule has 5 unspecified atom stereocenters. The highest BCUT2D eigenvalue weighted by Crippen LogP contribution is 2.45. The van der Waals surface area contributed by atoms with Crippen molar-refractivity contribution >= 4 is 39.5 Å². The first-order chi connectivity index (χ1) is 48.7. The summed E-state index contributed by atoms with van der Waals surface area (Å²) in [7, 11) is -9.95. The number of hydrogen-bond donors (Lipinski definition) is 3. The maximum Gasteiger partial charge on any atom is 0.472 e. The number of carbonyl (C=O) groups is 4. The van der Waals surface area contributed by atoms with Crippen LogP contribution in [0.5, 0.6) is 0 Å². The molecule has 0 radical (unpaired) electrons. The van der Waals surface area contributed by atoms with Gasteiger partial charge in [-0.1, -0.05) is 293 Å². The van der Waals surface area contributed by atoms with Crippen molar-refractivity contribution in [1.82, 2.24) is 0 Å². The van der Waals surface area contributed by atoms with Crippen molar-refractivity contribution in [1.29, 1.82) is 0 Å². The van der Waals surface area contributed by atoms with Crippen LogP contribution in [-0.4, -0.2) is 96.7 Å². The minimum Gasteiger partial charge on any atom is -0.462 e. The second-order valence-corrected chi connectivity index (χ2v) is 29.5. The maximum absolute atomic E-state index is 13.1. The standard InChI is InChI=1S/C81H144O17P2/c1-5-9-13-17-21-25-29-32-34-36-37-39-41-44-47-50-54-58-62-66-79(84)92-72-77(98-81(86)68-64-60-56-52-48-42-31-27-23-19-15-11-7-3)74-96-100(89,90)94-70-75(82)69-93-99(87,88)95-73-76(97-80(85)67-63-59-55-51-45-28-24-20-16-12-8-4)71-91-78(83)65-61-57-53-49-46-43-40-38-35-33-30-26-22-18-14-10-6-2/h10,14,20-22,24-26,32-35,37,39,75-77,82H,5-9,11-13,15-19,23,27-31,36,38,40-74H2,1-4H3,(H,87,88)(H,89,90)/b14-10-,24-20-,25-21-,26-22-,34-32-,35-33-,39-37-. The third-order valence-corrected chi connectivity index (χ3v) is 18.7. The van der Waals surface area contributed by atoms with E-state index in [2.05, 4.69) is 113 Å². The fraction of sp³-hybridized carbons (Fsp3) is 0.778. The number of esters is 4. The number of carbonyl (C=O) groups excluding carboxylic acids is 4. The van der Waals surface area contributed by atoms with Crippen molar-refractivity contribution in [2.45, 2.75) is 367 Å². The van der Waals surface area contributed by atoms with Crippen molar-refractivity contribution in [3.63, 3.8) is 0 Å². The summed E-state index contributed by atoms with van der Waals surface area (Å²) in [5.41, 5.74) is 0. The Bertz CT molecular complexity index is 2230. The highest BCUT2D eigenvalue weighted by Gasteiger charge is 2.30. The van der Waals surface area contributed by atoms with E-state index in [0.717, 1.165) is 186 Å². The summed E-state index contributed by atoms with van der Waals surface area (Å²) in [5, 5.41) is 10.6. The molecule has 0 aliphatic rings. The molecule has 0 heterocycles. The summed E-state index contributed by atoms with van der Waals surface area (Å²) in [5.74, 6) is -2.19. The van der Waals surface area contributed by atoms with Crippen LogP contribution >= 0.6 is 15.6 Å². The van der Waals surface area contributed by atoms with Gasteiger partial charge in [0.05, 0.1) is 26.4 Å². The summed E-state index contributed by atoms with van der Waals surface area (Å²) in [6, 6.07) is 0. The zero-order chi connectivity index (χ0) is 73.2. The van der Waals surface area contributed by atoms with Crippen LogP contribution in [0.1, 0.15) is 349 Å². The molecule has 0 rings (SSSR count). The molecule has 5 atom stereocenters. The molecule has 0 aromatic heterocycles. The molecule has 0 spiro atoms. The lowest BCUT2D eigenvalue weighted by Gasteiger charge is -2.21. The van der Waals surface area contributed by atoms with Crippen molar-refractivity contribution in [2.75, 3.05) is 39.6 Å². The van der Waals surface area contributed by atoms with E-state index in [9.17, 15) is 43.2 Å². The highest BCUT2D eigenvalue weighted by atomic mass is 31.2. The Hall–Kier alpha value is -3.76. The van der Waals surface area contributed by atoms with Crippen LogP contribution in [0, 0.1) is 0 Å². The van der Waals surface area contributed by atoms with E-state index < -0.39 is 97.5 Å². The molecule has 3 N–H and O–H groups in total. The number of hydrogen-bond acceptors (Lipinski definition) is 15. The molecule has 0 aliphatic carbocycles.